The van der Waals surface area contributed by atoms with Crippen molar-refractivity contribution in [3.8, 4) is 12.1 Å². The van der Waals surface area contributed by atoms with E-state index < -0.39 is 5.55 Å². The van der Waals surface area contributed by atoms with Gasteiger partial charge in [-0.05, 0) is 0 Å². The SMILES string of the molecule is CCP(=O)(SCCC#N)SCCC#N. The molecule has 0 amide bonds. The molecule has 0 unspecified atom stereocenters. The zero-order valence-corrected chi connectivity index (χ0v) is 10.6. The third kappa shape index (κ3) is 6.38. The van der Waals surface area contributed by atoms with Crippen LogP contribution in [0.25, 0.3) is 0 Å². The van der Waals surface area contributed by atoms with Crippen molar-refractivity contribution in [1.82, 2.24) is 0 Å². The van der Waals surface area contributed by atoms with E-state index in [1.54, 1.807) is 0 Å². The molecule has 0 aromatic rings. The second kappa shape index (κ2) is 8.24. The van der Waals surface area contributed by atoms with Crippen molar-refractivity contribution < 1.29 is 4.57 Å². The third-order valence-electron chi connectivity index (χ3n) is 1.39. The first-order chi connectivity index (χ1) is 6.68. The normalized spacial score (nSPS) is 10.5. The van der Waals surface area contributed by atoms with E-state index in [0.29, 0.717) is 30.5 Å². The summed E-state index contributed by atoms with van der Waals surface area (Å²) in [5.74, 6) is 1.25. The number of rotatable bonds is 7. The minimum atomic E-state index is -2.23. The zero-order chi connectivity index (χ0) is 10.9. The van der Waals surface area contributed by atoms with E-state index in [4.69, 9.17) is 10.5 Å². The van der Waals surface area contributed by atoms with Crippen molar-refractivity contribution in [3.05, 3.63) is 0 Å². The number of hydrogen-bond acceptors (Lipinski definition) is 5. The van der Waals surface area contributed by atoms with Gasteiger partial charge in [-0.3, -0.25) is 0 Å². The van der Waals surface area contributed by atoms with Gasteiger partial charge in [-0.2, -0.15) is 10.5 Å². The molecule has 0 rings (SSSR count). The Bertz CT molecular complexity index is 258. The van der Waals surface area contributed by atoms with Crippen molar-refractivity contribution >= 4 is 28.3 Å². The van der Waals surface area contributed by atoms with Crippen molar-refractivity contribution in [2.45, 2.75) is 19.8 Å². The summed E-state index contributed by atoms with van der Waals surface area (Å²) in [4.78, 5) is 0. The van der Waals surface area contributed by atoms with Gasteiger partial charge in [0.25, 0.3) is 0 Å². The lowest BCUT2D eigenvalue weighted by atomic mass is 10.6. The second-order valence-electron chi connectivity index (χ2n) is 2.41. The Morgan fingerprint density at radius 1 is 1.14 bits per heavy atom. The smallest absolute Gasteiger partial charge is 0.190 e. The molecule has 0 aromatic carbocycles. The van der Waals surface area contributed by atoms with E-state index in [0.717, 1.165) is 0 Å². The Balaban J connectivity index is 3.88. The molecule has 0 bridgehead atoms. The average molecular weight is 248 g/mol. The fourth-order valence-corrected chi connectivity index (χ4v) is 7.59. The summed E-state index contributed by atoms with van der Waals surface area (Å²) in [6.45, 7) is 1.89. The van der Waals surface area contributed by atoms with Crippen LogP contribution in [0.2, 0.25) is 0 Å². The minimum absolute atomic E-state index is 0.438. The molecule has 0 N–H and O–H groups in total. The van der Waals surface area contributed by atoms with Crippen molar-refractivity contribution in [2.24, 2.45) is 0 Å². The highest BCUT2D eigenvalue weighted by atomic mass is 33.1. The molecule has 0 atom stereocenters. The van der Waals surface area contributed by atoms with Crippen LogP contribution in [0.5, 0.6) is 0 Å². The summed E-state index contributed by atoms with van der Waals surface area (Å²) >= 11 is 2.77. The first-order valence-corrected chi connectivity index (χ1v) is 9.38. The van der Waals surface area contributed by atoms with Crippen LogP contribution in [-0.2, 0) is 4.57 Å². The van der Waals surface area contributed by atoms with E-state index in [2.05, 4.69) is 0 Å². The highest BCUT2D eigenvalue weighted by Crippen LogP contribution is 2.68. The van der Waals surface area contributed by atoms with E-state index in [-0.39, 0.29) is 0 Å². The molecule has 0 fully saturated rings. The molecule has 0 radical (unpaired) electrons. The van der Waals surface area contributed by atoms with Crippen molar-refractivity contribution in [2.75, 3.05) is 17.7 Å². The molecule has 0 aliphatic heterocycles. The van der Waals surface area contributed by atoms with Gasteiger partial charge in [-0.25, -0.2) is 0 Å². The number of hydrogen-bond donors (Lipinski definition) is 0. The summed E-state index contributed by atoms with van der Waals surface area (Å²) < 4.78 is 12.0. The van der Waals surface area contributed by atoms with Crippen LogP contribution in [0.1, 0.15) is 19.8 Å². The van der Waals surface area contributed by atoms with E-state index >= 15 is 0 Å². The molecule has 78 valence electrons. The van der Waals surface area contributed by atoms with E-state index in [9.17, 15) is 4.57 Å². The van der Waals surface area contributed by atoms with Gasteiger partial charge in [0.1, 0.15) is 0 Å². The summed E-state index contributed by atoms with van der Waals surface area (Å²) in [6, 6.07) is 4.06. The predicted octanol–water partition coefficient (Wildman–Crippen LogP) is 3.49. The largest absolute Gasteiger partial charge is 0.300 e. The number of nitrogens with zero attached hydrogens (tertiary/aromatic N) is 2. The molecular weight excluding hydrogens is 235 g/mol. The molecule has 0 aliphatic carbocycles. The van der Waals surface area contributed by atoms with Gasteiger partial charge < -0.3 is 4.57 Å². The van der Waals surface area contributed by atoms with Crippen LogP contribution in [0, 0.1) is 22.7 Å². The molecule has 6 heteroatoms. The Hall–Kier alpha value is -0.0900. The van der Waals surface area contributed by atoms with Gasteiger partial charge in [0.2, 0.25) is 0 Å². The first kappa shape index (κ1) is 13.9. The highest BCUT2D eigenvalue weighted by molar-refractivity contribution is 8.90. The highest BCUT2D eigenvalue weighted by Gasteiger charge is 2.20. The quantitative estimate of drug-likeness (QED) is 0.509. The molecule has 0 aliphatic rings. The fraction of sp³-hybridized carbons (Fsp3) is 0.750. The molecule has 0 heterocycles. The molecule has 0 spiro atoms. The lowest BCUT2D eigenvalue weighted by Crippen LogP contribution is -1.82. The maximum Gasteiger partial charge on any atom is 0.190 e. The lowest BCUT2D eigenvalue weighted by Gasteiger charge is -2.12. The minimum Gasteiger partial charge on any atom is -0.300 e. The topological polar surface area (TPSA) is 64.7 Å². The van der Waals surface area contributed by atoms with Gasteiger partial charge in [-0.1, -0.05) is 29.7 Å². The molecule has 0 aromatic heterocycles. The van der Waals surface area contributed by atoms with Crippen LogP contribution in [0.3, 0.4) is 0 Å². The molecule has 0 saturated carbocycles. The second-order valence-corrected chi connectivity index (χ2v) is 11.4. The fourth-order valence-electron chi connectivity index (χ4n) is 0.681. The molecule has 3 nitrogen and oxygen atoms in total. The Morgan fingerprint density at radius 2 is 1.57 bits per heavy atom. The first-order valence-electron chi connectivity index (χ1n) is 4.30. The van der Waals surface area contributed by atoms with Gasteiger partial charge in [-0.15, -0.1) is 0 Å². The average Bonchev–Trinajstić information content (AvgIpc) is 2.19. The Morgan fingerprint density at radius 3 is 1.86 bits per heavy atom. The number of nitriles is 2. The maximum absolute atomic E-state index is 12.0. The molecule has 14 heavy (non-hydrogen) atoms. The van der Waals surface area contributed by atoms with Gasteiger partial charge in [0.05, 0.1) is 12.1 Å². The molecule has 0 saturated heterocycles. The van der Waals surface area contributed by atoms with Gasteiger partial charge in [0.15, 0.2) is 5.55 Å². The lowest BCUT2D eigenvalue weighted by molar-refractivity contribution is 0.594. The summed E-state index contributed by atoms with van der Waals surface area (Å²) in [5, 5.41) is 16.7. The summed E-state index contributed by atoms with van der Waals surface area (Å²) in [5.41, 5.74) is -2.23. The maximum atomic E-state index is 12.0. The van der Waals surface area contributed by atoms with Crippen LogP contribution in [0.4, 0.5) is 0 Å². The van der Waals surface area contributed by atoms with Crippen LogP contribution in [0.15, 0.2) is 0 Å². The van der Waals surface area contributed by atoms with Crippen molar-refractivity contribution in [1.29, 1.82) is 10.5 Å². The Kier molecular flexibility index (Phi) is 8.18. The standard InChI is InChI=1S/C8H13N2OPS2/c1-2-12(11,13-7-3-5-9)14-8-4-6-10/h2-4,7-8H2,1H3. The van der Waals surface area contributed by atoms with Crippen LogP contribution in [-0.4, -0.2) is 17.7 Å². The molecular formula is C8H13N2OPS2. The summed E-state index contributed by atoms with van der Waals surface area (Å²) in [6.07, 6.45) is 1.50. The van der Waals surface area contributed by atoms with Crippen molar-refractivity contribution in [3.63, 3.8) is 0 Å². The van der Waals surface area contributed by atoms with E-state index in [1.165, 1.54) is 22.8 Å². The van der Waals surface area contributed by atoms with Gasteiger partial charge in [0, 0.05) is 30.5 Å². The van der Waals surface area contributed by atoms with Gasteiger partial charge >= 0.3 is 0 Å². The third-order valence-corrected chi connectivity index (χ3v) is 10.6. The Labute approximate surface area is 93.1 Å². The van der Waals surface area contributed by atoms with Crippen LogP contribution >= 0.6 is 28.3 Å². The zero-order valence-electron chi connectivity index (χ0n) is 8.10. The van der Waals surface area contributed by atoms with E-state index in [1.807, 2.05) is 19.1 Å². The van der Waals surface area contributed by atoms with Crippen LogP contribution < -0.4 is 0 Å². The monoisotopic (exact) mass is 248 g/mol. The summed E-state index contributed by atoms with van der Waals surface area (Å²) in [7, 11) is 0. The predicted molar refractivity (Wildman–Crippen MR) is 63.5 cm³/mol.